The van der Waals surface area contributed by atoms with Crippen molar-refractivity contribution >= 4 is 0 Å². The molecule has 0 aliphatic rings. The van der Waals surface area contributed by atoms with Crippen molar-refractivity contribution in [3.05, 3.63) is 17.5 Å². The summed E-state index contributed by atoms with van der Waals surface area (Å²) in [6.45, 7) is 0. The third kappa shape index (κ3) is 0.876. The zero-order chi connectivity index (χ0) is 7.56. The summed E-state index contributed by atoms with van der Waals surface area (Å²) in [5.41, 5.74) is 1.20. The van der Waals surface area contributed by atoms with Gasteiger partial charge in [-0.15, -0.1) is 12.8 Å². The number of rotatable bonds is 0. The fraction of sp³-hybridized carbons (Fsp3) is 0.125. The van der Waals surface area contributed by atoms with Crippen LogP contribution in [0.25, 0.3) is 0 Å². The first kappa shape index (κ1) is 6.45. The Morgan fingerprint density at radius 1 is 1.50 bits per heavy atom. The molecule has 0 N–H and O–H groups in total. The lowest BCUT2D eigenvalue weighted by molar-refractivity contribution is 0.764. The molecule has 2 heteroatoms. The van der Waals surface area contributed by atoms with Gasteiger partial charge >= 0.3 is 0 Å². The van der Waals surface area contributed by atoms with E-state index in [1.807, 2.05) is 0 Å². The van der Waals surface area contributed by atoms with Crippen LogP contribution in [0, 0.1) is 24.7 Å². The van der Waals surface area contributed by atoms with Crippen LogP contribution in [0.1, 0.15) is 11.3 Å². The van der Waals surface area contributed by atoms with E-state index < -0.39 is 0 Å². The summed E-state index contributed by atoms with van der Waals surface area (Å²) < 4.78 is 1.60. The summed E-state index contributed by atoms with van der Waals surface area (Å²) in [4.78, 5) is 0. The number of nitrogens with zero attached hydrogens (tertiary/aromatic N) is 2. The number of hydrogen-bond donors (Lipinski definition) is 0. The van der Waals surface area contributed by atoms with Crippen molar-refractivity contribution in [3.8, 4) is 24.7 Å². The Labute approximate surface area is 59.9 Å². The molecule has 0 fully saturated rings. The van der Waals surface area contributed by atoms with Crippen LogP contribution in [0.2, 0.25) is 0 Å². The van der Waals surface area contributed by atoms with Crippen molar-refractivity contribution in [2.24, 2.45) is 7.05 Å². The summed E-state index contributed by atoms with van der Waals surface area (Å²) >= 11 is 0. The highest BCUT2D eigenvalue weighted by atomic mass is 15.2. The summed E-state index contributed by atoms with van der Waals surface area (Å²) in [6, 6.07) is 0. The van der Waals surface area contributed by atoms with Crippen molar-refractivity contribution in [2.45, 2.75) is 0 Å². The minimum atomic E-state index is 0.532. The number of aryl methyl sites for hydroxylation is 1. The van der Waals surface area contributed by atoms with Crippen molar-refractivity contribution < 1.29 is 0 Å². The molecule has 0 atom stereocenters. The van der Waals surface area contributed by atoms with E-state index in [1.54, 1.807) is 17.9 Å². The second-order valence-electron chi connectivity index (χ2n) is 1.85. The molecular weight excluding hydrogens is 124 g/mol. The van der Waals surface area contributed by atoms with Crippen LogP contribution in [0.3, 0.4) is 0 Å². The zero-order valence-electron chi connectivity index (χ0n) is 5.63. The third-order valence-electron chi connectivity index (χ3n) is 1.12. The first-order valence-corrected chi connectivity index (χ1v) is 2.75. The van der Waals surface area contributed by atoms with Crippen molar-refractivity contribution in [2.75, 3.05) is 0 Å². The molecule has 0 saturated carbocycles. The average Bonchev–Trinajstić information content (AvgIpc) is 2.30. The van der Waals surface area contributed by atoms with E-state index in [-0.39, 0.29) is 0 Å². The van der Waals surface area contributed by atoms with Crippen molar-refractivity contribution in [3.63, 3.8) is 0 Å². The minimum Gasteiger partial charge on any atom is -0.273 e. The molecule has 0 radical (unpaired) electrons. The Hall–Kier alpha value is -1.67. The molecule has 0 aliphatic heterocycles. The first-order chi connectivity index (χ1) is 4.77. The molecule has 1 aromatic heterocycles. The van der Waals surface area contributed by atoms with E-state index in [0.29, 0.717) is 11.3 Å². The Morgan fingerprint density at radius 3 is 2.60 bits per heavy atom. The van der Waals surface area contributed by atoms with Gasteiger partial charge < -0.3 is 0 Å². The van der Waals surface area contributed by atoms with E-state index in [1.165, 1.54) is 0 Å². The van der Waals surface area contributed by atoms with Gasteiger partial charge in [0.15, 0.2) is 5.69 Å². The van der Waals surface area contributed by atoms with Gasteiger partial charge in [-0.1, -0.05) is 5.92 Å². The van der Waals surface area contributed by atoms with E-state index in [4.69, 9.17) is 12.8 Å². The Balaban J connectivity index is 3.28. The van der Waals surface area contributed by atoms with Gasteiger partial charge in [0.2, 0.25) is 0 Å². The van der Waals surface area contributed by atoms with Gasteiger partial charge in [0.25, 0.3) is 0 Å². The third-order valence-corrected chi connectivity index (χ3v) is 1.12. The molecular formula is C8H6N2. The van der Waals surface area contributed by atoms with Crippen molar-refractivity contribution in [1.29, 1.82) is 0 Å². The highest BCUT2D eigenvalue weighted by Gasteiger charge is 1.99. The van der Waals surface area contributed by atoms with Crippen LogP contribution in [0.5, 0.6) is 0 Å². The molecule has 1 heterocycles. The zero-order valence-corrected chi connectivity index (χ0v) is 5.63. The highest BCUT2D eigenvalue weighted by molar-refractivity contribution is 5.42. The molecule has 0 aromatic carbocycles. The maximum Gasteiger partial charge on any atom is 0.150 e. The fourth-order valence-corrected chi connectivity index (χ4v) is 0.701. The van der Waals surface area contributed by atoms with Crippen LogP contribution < -0.4 is 0 Å². The second-order valence-corrected chi connectivity index (χ2v) is 1.85. The standard InChI is InChI=1S/C8H6N2/c1-4-7-6-10(3)9-8(7)5-2/h1-2,6H,3H3. The minimum absolute atomic E-state index is 0.532. The number of terminal acetylenes is 2. The van der Waals surface area contributed by atoms with E-state index in [2.05, 4.69) is 16.9 Å². The maximum atomic E-state index is 5.14. The lowest BCUT2D eigenvalue weighted by Gasteiger charge is -1.79. The topological polar surface area (TPSA) is 17.8 Å². The van der Waals surface area contributed by atoms with Gasteiger partial charge in [-0.3, -0.25) is 4.68 Å². The molecule has 0 saturated heterocycles. The molecule has 0 bridgehead atoms. The molecule has 10 heavy (non-hydrogen) atoms. The van der Waals surface area contributed by atoms with Gasteiger partial charge in [-0.05, 0) is 5.92 Å². The molecule has 0 unspecified atom stereocenters. The van der Waals surface area contributed by atoms with Gasteiger partial charge in [-0.25, -0.2) is 0 Å². The SMILES string of the molecule is C#Cc1cn(C)nc1C#C. The lowest BCUT2D eigenvalue weighted by Crippen LogP contribution is -1.86. The Bertz CT molecular complexity index is 289. The molecule has 0 amide bonds. The smallest absolute Gasteiger partial charge is 0.150 e. The van der Waals surface area contributed by atoms with Gasteiger partial charge in [0.05, 0.1) is 5.56 Å². The van der Waals surface area contributed by atoms with Crippen LogP contribution in [0.4, 0.5) is 0 Å². The molecule has 0 spiro atoms. The van der Waals surface area contributed by atoms with E-state index >= 15 is 0 Å². The first-order valence-electron chi connectivity index (χ1n) is 2.75. The predicted octanol–water partition coefficient (Wildman–Crippen LogP) is 0.383. The lowest BCUT2D eigenvalue weighted by atomic mass is 10.3. The summed E-state index contributed by atoms with van der Waals surface area (Å²) in [7, 11) is 1.78. The Kier molecular flexibility index (Phi) is 1.48. The summed E-state index contributed by atoms with van der Waals surface area (Å²) in [6.07, 6.45) is 12.0. The Morgan fingerprint density at radius 2 is 2.20 bits per heavy atom. The van der Waals surface area contributed by atoms with Crippen LogP contribution >= 0.6 is 0 Å². The van der Waals surface area contributed by atoms with Gasteiger partial charge in [0.1, 0.15) is 0 Å². The van der Waals surface area contributed by atoms with E-state index in [9.17, 15) is 0 Å². The van der Waals surface area contributed by atoms with Gasteiger partial charge in [0, 0.05) is 13.2 Å². The van der Waals surface area contributed by atoms with Gasteiger partial charge in [-0.2, -0.15) is 5.10 Å². The van der Waals surface area contributed by atoms with E-state index in [0.717, 1.165) is 0 Å². The molecule has 48 valence electrons. The molecule has 1 rings (SSSR count). The quantitative estimate of drug-likeness (QED) is 0.464. The van der Waals surface area contributed by atoms with Crippen molar-refractivity contribution in [1.82, 2.24) is 9.78 Å². The fourth-order valence-electron chi connectivity index (χ4n) is 0.701. The maximum absolute atomic E-state index is 5.14. The van der Waals surface area contributed by atoms with Crippen LogP contribution in [0.15, 0.2) is 6.20 Å². The summed E-state index contributed by atoms with van der Waals surface area (Å²) in [5, 5.41) is 3.94. The van der Waals surface area contributed by atoms with Crippen LogP contribution in [-0.2, 0) is 7.05 Å². The molecule has 0 aliphatic carbocycles. The predicted molar refractivity (Wildman–Crippen MR) is 39.1 cm³/mol. The largest absolute Gasteiger partial charge is 0.273 e. The molecule has 2 nitrogen and oxygen atoms in total. The normalized spacial score (nSPS) is 8.30. The molecule has 1 aromatic rings. The summed E-state index contributed by atoms with van der Waals surface area (Å²) in [5.74, 6) is 4.83. The average molecular weight is 130 g/mol. The number of aromatic nitrogens is 2. The second kappa shape index (κ2) is 2.29. The highest BCUT2D eigenvalue weighted by Crippen LogP contribution is 2.00. The number of hydrogen-bond acceptors (Lipinski definition) is 1. The monoisotopic (exact) mass is 130 g/mol. The van der Waals surface area contributed by atoms with Crippen LogP contribution in [-0.4, -0.2) is 9.78 Å².